The molecule has 0 spiro atoms. The lowest BCUT2D eigenvalue weighted by Crippen LogP contribution is -3.11. The van der Waals surface area contributed by atoms with E-state index in [1.54, 1.807) is 4.90 Å². The summed E-state index contributed by atoms with van der Waals surface area (Å²) in [5.41, 5.74) is 5.49. The predicted octanol–water partition coefficient (Wildman–Crippen LogP) is 2.27. The zero-order valence-corrected chi connectivity index (χ0v) is 17.6. The summed E-state index contributed by atoms with van der Waals surface area (Å²) < 4.78 is 2.12. The van der Waals surface area contributed by atoms with Gasteiger partial charge in [0.1, 0.15) is 22.7 Å². The van der Waals surface area contributed by atoms with Crippen molar-refractivity contribution in [2.45, 2.75) is 40.0 Å². The Morgan fingerprint density at radius 1 is 1.17 bits per heavy atom. The van der Waals surface area contributed by atoms with Crippen LogP contribution in [-0.4, -0.2) is 31.2 Å². The highest BCUT2D eigenvalue weighted by Crippen LogP contribution is 2.26. The van der Waals surface area contributed by atoms with Crippen molar-refractivity contribution in [1.29, 1.82) is 10.5 Å². The molecule has 0 aliphatic carbocycles. The maximum absolute atomic E-state index is 9.84. The molecule has 6 heteroatoms. The summed E-state index contributed by atoms with van der Waals surface area (Å²) in [7, 11) is 0. The molecule has 29 heavy (non-hydrogen) atoms. The average Bonchev–Trinajstić information content (AvgIpc) is 3.12. The van der Waals surface area contributed by atoms with Gasteiger partial charge in [-0.1, -0.05) is 12.1 Å². The van der Waals surface area contributed by atoms with Crippen molar-refractivity contribution >= 4 is 22.5 Å². The van der Waals surface area contributed by atoms with Crippen LogP contribution in [0.4, 0.5) is 5.82 Å². The van der Waals surface area contributed by atoms with E-state index in [9.17, 15) is 5.26 Å². The van der Waals surface area contributed by atoms with E-state index in [4.69, 9.17) is 5.26 Å². The lowest BCUT2D eigenvalue weighted by molar-refractivity contribution is -0.896. The maximum atomic E-state index is 9.84. The fourth-order valence-electron chi connectivity index (χ4n) is 4.08. The molecule has 0 saturated heterocycles. The molecular formula is C23H30N6+2. The van der Waals surface area contributed by atoms with E-state index in [0.29, 0.717) is 18.4 Å². The Labute approximate surface area is 172 Å². The summed E-state index contributed by atoms with van der Waals surface area (Å²) in [6.45, 7) is 10.7. The lowest BCUT2D eigenvalue weighted by Gasteiger charge is -2.16. The molecule has 3 rings (SSSR count). The molecule has 0 amide bonds. The van der Waals surface area contributed by atoms with Crippen LogP contribution < -0.4 is 14.6 Å². The molecule has 0 aliphatic rings. The molecule has 0 unspecified atom stereocenters. The number of nitrogens with zero attached hydrogens (tertiary/aromatic N) is 3. The fourth-order valence-corrected chi connectivity index (χ4v) is 4.08. The van der Waals surface area contributed by atoms with Crippen molar-refractivity contribution in [3.63, 3.8) is 0 Å². The number of H-pyrrole nitrogens is 1. The lowest BCUT2D eigenvalue weighted by atomic mass is 10.0. The molecule has 0 fully saturated rings. The average molecular weight is 391 g/mol. The summed E-state index contributed by atoms with van der Waals surface area (Å²) >= 11 is 0. The van der Waals surface area contributed by atoms with Crippen molar-refractivity contribution in [2.24, 2.45) is 0 Å². The molecule has 2 heterocycles. The third-order valence-corrected chi connectivity index (χ3v) is 5.79. The number of rotatable bonds is 9. The Balaban J connectivity index is 2.09. The van der Waals surface area contributed by atoms with Gasteiger partial charge in [-0.3, -0.25) is 4.98 Å². The van der Waals surface area contributed by atoms with Crippen LogP contribution in [0.25, 0.3) is 16.7 Å². The fraction of sp³-hybridized carbons (Fsp3) is 0.435. The van der Waals surface area contributed by atoms with Gasteiger partial charge in [0.25, 0.3) is 0 Å². The summed E-state index contributed by atoms with van der Waals surface area (Å²) in [5.74, 6) is 0.999. The number of anilines is 1. The van der Waals surface area contributed by atoms with Gasteiger partial charge in [0, 0.05) is 18.4 Å². The number of aromatic amines is 1. The topological polar surface area (TPSA) is 83.9 Å². The first-order chi connectivity index (χ1) is 14.2. The van der Waals surface area contributed by atoms with Crippen molar-refractivity contribution in [3.8, 4) is 12.1 Å². The molecule has 6 nitrogen and oxygen atoms in total. The summed E-state index contributed by atoms with van der Waals surface area (Å²) in [6.07, 6.45) is 2.12. The van der Waals surface area contributed by atoms with Crippen molar-refractivity contribution in [1.82, 2.24) is 4.98 Å². The van der Waals surface area contributed by atoms with E-state index in [1.807, 2.05) is 25.1 Å². The van der Waals surface area contributed by atoms with E-state index in [2.05, 4.69) is 46.8 Å². The number of pyridine rings is 1. The van der Waals surface area contributed by atoms with E-state index in [1.165, 1.54) is 0 Å². The summed E-state index contributed by atoms with van der Waals surface area (Å²) in [4.78, 5) is 5.02. The molecule has 150 valence electrons. The zero-order valence-electron chi connectivity index (χ0n) is 17.6. The minimum Gasteiger partial charge on any atom is -0.335 e. The molecule has 0 atom stereocenters. The number of imidazole rings is 1. The van der Waals surface area contributed by atoms with Crippen LogP contribution >= 0.6 is 0 Å². The van der Waals surface area contributed by atoms with E-state index in [-0.39, 0.29) is 0 Å². The standard InChI is InChI=1S/C23H28N6/c1-4-28(5-2)15-9-14-26-22-18(10-8-13-24)17(3)19(16-25)23-27-20-11-6-7-12-21(20)29(22)23/h6-7,11-12H,4-5,8-10,14-15H2,1-3H3,(H,26,27)/p+2. The Kier molecular flexibility index (Phi) is 6.69. The number of nitrogens with one attached hydrogen (secondary N) is 3. The molecule has 0 aliphatic heterocycles. The normalized spacial score (nSPS) is 11.1. The second-order valence-electron chi connectivity index (χ2n) is 7.41. The number of quaternary nitrogens is 1. The number of nitriles is 2. The highest BCUT2D eigenvalue weighted by atomic mass is 15.1. The van der Waals surface area contributed by atoms with E-state index in [0.717, 1.165) is 66.2 Å². The molecular weight excluding hydrogens is 360 g/mol. The summed E-state index contributed by atoms with van der Waals surface area (Å²) in [5, 5.41) is 22.6. The molecule has 0 bridgehead atoms. The van der Waals surface area contributed by atoms with Crippen molar-refractivity contribution in [2.75, 3.05) is 31.5 Å². The number of para-hydroxylation sites is 2. The first kappa shape index (κ1) is 20.6. The summed E-state index contributed by atoms with van der Waals surface area (Å²) in [6, 6.07) is 12.7. The van der Waals surface area contributed by atoms with Gasteiger partial charge in [-0.05, 0) is 44.9 Å². The molecule has 2 aromatic heterocycles. The molecule has 0 saturated carbocycles. The number of hydrogen-bond acceptors (Lipinski definition) is 3. The van der Waals surface area contributed by atoms with E-state index < -0.39 is 0 Å². The first-order valence-corrected chi connectivity index (χ1v) is 10.5. The predicted molar refractivity (Wildman–Crippen MR) is 115 cm³/mol. The van der Waals surface area contributed by atoms with Crippen LogP contribution in [0.3, 0.4) is 0 Å². The monoisotopic (exact) mass is 390 g/mol. The molecule has 1 aromatic carbocycles. The van der Waals surface area contributed by atoms with Gasteiger partial charge in [0.05, 0.1) is 32.2 Å². The van der Waals surface area contributed by atoms with Crippen LogP contribution in [0.1, 0.15) is 43.4 Å². The number of benzene rings is 1. The third kappa shape index (κ3) is 4.04. The number of aromatic nitrogens is 2. The van der Waals surface area contributed by atoms with Gasteiger partial charge in [0.2, 0.25) is 11.5 Å². The van der Waals surface area contributed by atoms with Crippen LogP contribution in [-0.2, 0) is 6.42 Å². The van der Waals surface area contributed by atoms with Crippen LogP contribution in [0.2, 0.25) is 0 Å². The molecule has 3 aromatic rings. The van der Waals surface area contributed by atoms with Gasteiger partial charge < -0.3 is 10.2 Å². The first-order valence-electron chi connectivity index (χ1n) is 10.5. The Bertz CT molecular complexity index is 1080. The second kappa shape index (κ2) is 9.41. The van der Waals surface area contributed by atoms with Crippen LogP contribution in [0.5, 0.6) is 0 Å². The van der Waals surface area contributed by atoms with Gasteiger partial charge in [-0.2, -0.15) is 14.9 Å². The van der Waals surface area contributed by atoms with Crippen molar-refractivity contribution < 1.29 is 9.30 Å². The van der Waals surface area contributed by atoms with Crippen LogP contribution in [0, 0.1) is 29.6 Å². The third-order valence-electron chi connectivity index (χ3n) is 5.79. The quantitative estimate of drug-likeness (QED) is 0.387. The van der Waals surface area contributed by atoms with Crippen LogP contribution in [0.15, 0.2) is 24.3 Å². The van der Waals surface area contributed by atoms with Gasteiger partial charge in [-0.15, -0.1) is 0 Å². The minimum absolute atomic E-state index is 0.429. The molecule has 3 N–H and O–H groups in total. The van der Waals surface area contributed by atoms with Gasteiger partial charge in [-0.25, -0.2) is 0 Å². The van der Waals surface area contributed by atoms with Crippen molar-refractivity contribution in [3.05, 3.63) is 41.0 Å². The number of hydrogen-bond donors (Lipinski definition) is 3. The highest BCUT2D eigenvalue weighted by molar-refractivity contribution is 5.78. The van der Waals surface area contributed by atoms with E-state index >= 15 is 0 Å². The van der Waals surface area contributed by atoms with Gasteiger partial charge in [0.15, 0.2) is 0 Å². The smallest absolute Gasteiger partial charge is 0.250 e. The van der Waals surface area contributed by atoms with Gasteiger partial charge >= 0.3 is 0 Å². The largest absolute Gasteiger partial charge is 0.335 e. The number of fused-ring (bicyclic) bond motifs is 3. The second-order valence-corrected chi connectivity index (χ2v) is 7.41. The zero-order chi connectivity index (χ0) is 20.8. The SMILES string of the molecule is CC[NH+](CC)CCCNc1c(CCC#N)c(C)c(C#N)c2[nH]c3ccccc3[n+]12. The maximum Gasteiger partial charge on any atom is 0.250 e. The Morgan fingerprint density at radius 2 is 1.93 bits per heavy atom. The Hall–Kier alpha value is -3.09. The Morgan fingerprint density at radius 3 is 2.62 bits per heavy atom. The highest BCUT2D eigenvalue weighted by Gasteiger charge is 2.25. The molecule has 0 radical (unpaired) electrons. The minimum atomic E-state index is 0.429.